The van der Waals surface area contributed by atoms with Crippen LogP contribution in [-0.2, 0) is 0 Å². The summed E-state index contributed by atoms with van der Waals surface area (Å²) in [7, 11) is 0. The van der Waals surface area contributed by atoms with Crippen molar-refractivity contribution in [2.24, 2.45) is 11.7 Å². The van der Waals surface area contributed by atoms with Crippen LogP contribution in [0.25, 0.3) is 10.1 Å². The fourth-order valence-electron chi connectivity index (χ4n) is 1.81. The highest BCUT2D eigenvalue weighted by molar-refractivity contribution is 7.17. The van der Waals surface area contributed by atoms with Crippen LogP contribution >= 0.6 is 11.3 Å². The quantitative estimate of drug-likeness (QED) is 0.774. The Balaban J connectivity index is 1.88. The summed E-state index contributed by atoms with van der Waals surface area (Å²) in [6.45, 7) is 3.93. The van der Waals surface area contributed by atoms with E-state index in [9.17, 15) is 0 Å². The number of rotatable bonds is 6. The predicted molar refractivity (Wildman–Crippen MR) is 75.6 cm³/mol. The van der Waals surface area contributed by atoms with Crippen molar-refractivity contribution in [3.05, 3.63) is 23.7 Å². The molecule has 0 bridgehead atoms. The molecule has 0 fully saturated rings. The molecule has 0 saturated carbocycles. The molecule has 0 aliphatic carbocycles. The van der Waals surface area contributed by atoms with Crippen LogP contribution in [0.15, 0.2) is 23.7 Å². The topological polar surface area (TPSA) is 50.9 Å². The molecule has 2 heterocycles. The molecule has 1 atom stereocenters. The molecule has 2 aromatic heterocycles. The lowest BCUT2D eigenvalue weighted by atomic mass is 10.1. The van der Waals surface area contributed by atoms with Crippen molar-refractivity contribution in [1.29, 1.82) is 0 Å². The maximum Gasteiger partial charge on any atom is 0.134 e. The summed E-state index contributed by atoms with van der Waals surface area (Å²) in [4.78, 5) is 4.39. The van der Waals surface area contributed by atoms with E-state index in [4.69, 9.17) is 5.73 Å². The van der Waals surface area contributed by atoms with E-state index < -0.39 is 0 Å². The minimum absolute atomic E-state index is 0.613. The van der Waals surface area contributed by atoms with Gasteiger partial charge in [0.25, 0.3) is 0 Å². The van der Waals surface area contributed by atoms with Crippen LogP contribution in [0.2, 0.25) is 0 Å². The number of aromatic nitrogens is 1. The number of nitrogens with one attached hydrogen (secondary N) is 1. The highest BCUT2D eigenvalue weighted by atomic mass is 32.1. The summed E-state index contributed by atoms with van der Waals surface area (Å²) in [6, 6.07) is 4.18. The number of fused-ring (bicyclic) bond motifs is 1. The Morgan fingerprint density at radius 1 is 1.47 bits per heavy atom. The van der Waals surface area contributed by atoms with Gasteiger partial charge in [0.05, 0.1) is 0 Å². The Labute approximate surface area is 106 Å². The number of hydrogen-bond donors (Lipinski definition) is 2. The van der Waals surface area contributed by atoms with E-state index in [1.807, 2.05) is 6.20 Å². The van der Waals surface area contributed by atoms with Crippen LogP contribution in [0.1, 0.15) is 19.8 Å². The van der Waals surface area contributed by atoms with Gasteiger partial charge in [-0.2, -0.15) is 0 Å². The first kappa shape index (κ1) is 12.3. The normalized spacial score (nSPS) is 12.8. The van der Waals surface area contributed by atoms with Gasteiger partial charge in [-0.05, 0) is 42.8 Å². The van der Waals surface area contributed by atoms with Gasteiger partial charge in [-0.25, -0.2) is 4.98 Å². The third-order valence-corrected chi connectivity index (χ3v) is 3.83. The van der Waals surface area contributed by atoms with Gasteiger partial charge in [0.15, 0.2) is 0 Å². The molecule has 17 heavy (non-hydrogen) atoms. The van der Waals surface area contributed by atoms with Crippen molar-refractivity contribution in [1.82, 2.24) is 4.98 Å². The van der Waals surface area contributed by atoms with Gasteiger partial charge in [-0.3, -0.25) is 0 Å². The first-order valence-corrected chi connectivity index (χ1v) is 6.95. The molecule has 0 aromatic carbocycles. The van der Waals surface area contributed by atoms with Crippen LogP contribution in [0.5, 0.6) is 0 Å². The summed E-state index contributed by atoms with van der Waals surface area (Å²) in [5, 5.41) is 6.74. The molecule has 2 rings (SSSR count). The molecular formula is C13H19N3S. The van der Waals surface area contributed by atoms with E-state index in [-0.39, 0.29) is 0 Å². The van der Waals surface area contributed by atoms with E-state index in [0.717, 1.165) is 25.3 Å². The standard InChI is InChI=1S/C13H19N3S/c1-10(9-14)3-2-6-15-13-11-5-8-17-12(11)4-7-16-13/h4-5,7-8,10H,2-3,6,9,14H2,1H3,(H,15,16). The summed E-state index contributed by atoms with van der Waals surface area (Å²) in [5.74, 6) is 1.62. The minimum Gasteiger partial charge on any atom is -0.370 e. The van der Waals surface area contributed by atoms with Crippen molar-refractivity contribution < 1.29 is 0 Å². The molecular weight excluding hydrogens is 230 g/mol. The number of anilines is 1. The molecule has 0 amide bonds. The Bertz CT molecular complexity index is 466. The highest BCUT2D eigenvalue weighted by Gasteiger charge is 2.03. The third-order valence-electron chi connectivity index (χ3n) is 2.95. The molecule has 0 spiro atoms. The van der Waals surface area contributed by atoms with Crippen molar-refractivity contribution in [2.45, 2.75) is 19.8 Å². The largest absolute Gasteiger partial charge is 0.370 e. The zero-order valence-corrected chi connectivity index (χ0v) is 11.0. The van der Waals surface area contributed by atoms with Gasteiger partial charge in [-0.15, -0.1) is 11.3 Å². The van der Waals surface area contributed by atoms with Crippen molar-refractivity contribution in [3.63, 3.8) is 0 Å². The van der Waals surface area contributed by atoms with Crippen molar-refractivity contribution >= 4 is 27.2 Å². The van der Waals surface area contributed by atoms with Gasteiger partial charge in [0, 0.05) is 22.8 Å². The second-order valence-electron chi connectivity index (χ2n) is 4.40. The van der Waals surface area contributed by atoms with Crippen LogP contribution < -0.4 is 11.1 Å². The zero-order chi connectivity index (χ0) is 12.1. The van der Waals surface area contributed by atoms with Gasteiger partial charge in [-0.1, -0.05) is 6.92 Å². The highest BCUT2D eigenvalue weighted by Crippen LogP contribution is 2.25. The Kier molecular flexibility index (Phi) is 4.34. The summed E-state index contributed by atoms with van der Waals surface area (Å²) in [6.07, 6.45) is 4.17. The fraction of sp³-hybridized carbons (Fsp3) is 0.462. The minimum atomic E-state index is 0.613. The number of nitrogens with two attached hydrogens (primary N) is 1. The van der Waals surface area contributed by atoms with E-state index in [1.54, 1.807) is 11.3 Å². The number of nitrogens with zero attached hydrogens (tertiary/aromatic N) is 1. The Hall–Kier alpha value is -1.13. The summed E-state index contributed by atoms with van der Waals surface area (Å²) in [5.41, 5.74) is 5.59. The van der Waals surface area contributed by atoms with E-state index in [0.29, 0.717) is 5.92 Å². The molecule has 3 nitrogen and oxygen atoms in total. The lowest BCUT2D eigenvalue weighted by molar-refractivity contribution is 0.529. The van der Waals surface area contributed by atoms with Gasteiger partial charge < -0.3 is 11.1 Å². The number of pyridine rings is 1. The van der Waals surface area contributed by atoms with Crippen LogP contribution in [0, 0.1) is 5.92 Å². The maximum absolute atomic E-state index is 5.59. The Morgan fingerprint density at radius 3 is 3.18 bits per heavy atom. The van der Waals surface area contributed by atoms with Gasteiger partial charge >= 0.3 is 0 Å². The summed E-state index contributed by atoms with van der Waals surface area (Å²) >= 11 is 1.75. The Morgan fingerprint density at radius 2 is 2.35 bits per heavy atom. The van der Waals surface area contributed by atoms with E-state index in [2.05, 4.69) is 34.7 Å². The van der Waals surface area contributed by atoms with Crippen molar-refractivity contribution in [2.75, 3.05) is 18.4 Å². The molecule has 4 heteroatoms. The maximum atomic E-state index is 5.59. The zero-order valence-electron chi connectivity index (χ0n) is 10.1. The second kappa shape index (κ2) is 5.98. The monoisotopic (exact) mass is 249 g/mol. The number of hydrogen-bond acceptors (Lipinski definition) is 4. The van der Waals surface area contributed by atoms with E-state index in [1.165, 1.54) is 16.5 Å². The second-order valence-corrected chi connectivity index (χ2v) is 5.35. The molecule has 3 N–H and O–H groups in total. The first-order chi connectivity index (χ1) is 8.31. The van der Waals surface area contributed by atoms with Gasteiger partial charge in [0.1, 0.15) is 5.82 Å². The molecule has 92 valence electrons. The van der Waals surface area contributed by atoms with Crippen LogP contribution in [-0.4, -0.2) is 18.1 Å². The average molecular weight is 249 g/mol. The molecule has 1 unspecified atom stereocenters. The molecule has 0 radical (unpaired) electrons. The first-order valence-electron chi connectivity index (χ1n) is 6.07. The molecule has 0 aliphatic heterocycles. The SMILES string of the molecule is CC(CN)CCCNc1nccc2sccc12. The average Bonchev–Trinajstić information content (AvgIpc) is 2.83. The molecule has 0 saturated heterocycles. The number of thiophene rings is 1. The third kappa shape index (κ3) is 3.17. The molecule has 2 aromatic rings. The lowest BCUT2D eigenvalue weighted by Crippen LogP contribution is -2.12. The molecule has 0 aliphatic rings. The fourth-order valence-corrected chi connectivity index (χ4v) is 2.59. The smallest absolute Gasteiger partial charge is 0.134 e. The van der Waals surface area contributed by atoms with Gasteiger partial charge in [0.2, 0.25) is 0 Å². The van der Waals surface area contributed by atoms with Crippen LogP contribution in [0.4, 0.5) is 5.82 Å². The van der Waals surface area contributed by atoms with Crippen molar-refractivity contribution in [3.8, 4) is 0 Å². The van der Waals surface area contributed by atoms with E-state index >= 15 is 0 Å². The predicted octanol–water partition coefficient (Wildman–Crippen LogP) is 3.08. The summed E-state index contributed by atoms with van der Waals surface area (Å²) < 4.78 is 1.29. The lowest BCUT2D eigenvalue weighted by Gasteiger charge is -2.09. The van der Waals surface area contributed by atoms with Crippen LogP contribution in [0.3, 0.4) is 0 Å².